The summed E-state index contributed by atoms with van der Waals surface area (Å²) in [4.78, 5) is 4.21. The first-order valence-electron chi connectivity index (χ1n) is 4.66. The lowest BCUT2D eigenvalue weighted by Gasteiger charge is -2.06. The molecule has 0 aliphatic carbocycles. The summed E-state index contributed by atoms with van der Waals surface area (Å²) >= 11 is 0. The monoisotopic (exact) mass is 170 g/mol. The van der Waals surface area contributed by atoms with E-state index in [1.54, 1.807) is 0 Å². The lowest BCUT2D eigenvalue weighted by atomic mass is 10.2. The molecule has 1 rings (SSSR count). The van der Waals surface area contributed by atoms with Gasteiger partial charge in [0.15, 0.2) is 5.90 Å². The minimum absolute atomic E-state index is 0.719. The Kier molecular flexibility index (Phi) is 4.08. The molecule has 0 amide bonds. The molecule has 0 aromatic carbocycles. The lowest BCUT2D eigenvalue weighted by molar-refractivity contribution is 0.337. The largest absolute Gasteiger partial charge is 0.479 e. The topological polar surface area (TPSA) is 33.6 Å². The minimum Gasteiger partial charge on any atom is -0.479 e. The molecule has 0 spiro atoms. The van der Waals surface area contributed by atoms with E-state index in [1.807, 2.05) is 0 Å². The quantitative estimate of drug-likeness (QED) is 0.626. The van der Waals surface area contributed by atoms with Gasteiger partial charge in [-0.1, -0.05) is 13.8 Å². The molecular formula is C9H18N2O. The molecular weight excluding hydrogens is 152 g/mol. The molecule has 3 nitrogen and oxygen atoms in total. The van der Waals surface area contributed by atoms with E-state index in [2.05, 4.69) is 24.2 Å². The standard InChI is InChI=1S/C9H18N2O/c1-8(2)7-10-4-3-9-11-5-6-12-9/h8,10H,3-7H2,1-2H3. The Morgan fingerprint density at radius 3 is 3.00 bits per heavy atom. The van der Waals surface area contributed by atoms with Crippen LogP contribution in [0.2, 0.25) is 0 Å². The van der Waals surface area contributed by atoms with Gasteiger partial charge in [0.1, 0.15) is 6.61 Å². The van der Waals surface area contributed by atoms with Gasteiger partial charge in [-0.15, -0.1) is 0 Å². The molecule has 0 unspecified atom stereocenters. The second-order valence-electron chi connectivity index (χ2n) is 3.47. The fourth-order valence-electron chi connectivity index (χ4n) is 1.12. The maximum absolute atomic E-state index is 5.27. The molecule has 0 bridgehead atoms. The SMILES string of the molecule is CC(C)CNCCC1=NCCO1. The highest BCUT2D eigenvalue weighted by Gasteiger charge is 2.05. The molecule has 1 aliphatic rings. The molecule has 0 radical (unpaired) electrons. The van der Waals surface area contributed by atoms with Crippen LogP contribution >= 0.6 is 0 Å². The number of nitrogens with one attached hydrogen (secondary N) is 1. The molecule has 0 atom stereocenters. The lowest BCUT2D eigenvalue weighted by Crippen LogP contribution is -2.22. The number of ether oxygens (including phenoxy) is 1. The molecule has 1 heterocycles. The second-order valence-corrected chi connectivity index (χ2v) is 3.47. The highest BCUT2D eigenvalue weighted by Crippen LogP contribution is 1.97. The molecule has 0 aromatic heterocycles. The maximum atomic E-state index is 5.27. The normalized spacial score (nSPS) is 16.4. The van der Waals surface area contributed by atoms with Crippen LogP contribution in [-0.2, 0) is 4.74 Å². The summed E-state index contributed by atoms with van der Waals surface area (Å²) in [6.07, 6.45) is 0.937. The van der Waals surface area contributed by atoms with Gasteiger partial charge in [0.2, 0.25) is 0 Å². The van der Waals surface area contributed by atoms with Crippen LogP contribution in [0.1, 0.15) is 20.3 Å². The molecule has 0 aromatic rings. The first-order chi connectivity index (χ1) is 5.79. The number of hydrogen-bond donors (Lipinski definition) is 1. The third kappa shape index (κ3) is 3.72. The zero-order chi connectivity index (χ0) is 8.81. The van der Waals surface area contributed by atoms with Crippen LogP contribution in [0.3, 0.4) is 0 Å². The summed E-state index contributed by atoms with van der Waals surface area (Å²) < 4.78 is 5.27. The Hall–Kier alpha value is -0.570. The summed E-state index contributed by atoms with van der Waals surface area (Å²) in [6.45, 7) is 8.09. The highest BCUT2D eigenvalue weighted by atomic mass is 16.5. The zero-order valence-corrected chi connectivity index (χ0v) is 7.97. The molecule has 12 heavy (non-hydrogen) atoms. The van der Waals surface area contributed by atoms with E-state index in [4.69, 9.17) is 4.74 Å². The predicted octanol–water partition coefficient (Wildman–Crippen LogP) is 1.05. The van der Waals surface area contributed by atoms with Gasteiger partial charge in [0, 0.05) is 13.0 Å². The summed E-state index contributed by atoms with van der Waals surface area (Å²) in [6, 6.07) is 0. The van der Waals surface area contributed by atoms with E-state index in [-0.39, 0.29) is 0 Å². The van der Waals surface area contributed by atoms with Crippen molar-refractivity contribution in [2.45, 2.75) is 20.3 Å². The van der Waals surface area contributed by atoms with Crippen molar-refractivity contribution in [3.63, 3.8) is 0 Å². The zero-order valence-electron chi connectivity index (χ0n) is 7.97. The molecule has 1 N–H and O–H groups in total. The summed E-state index contributed by atoms with van der Waals surface area (Å²) in [5.41, 5.74) is 0. The van der Waals surface area contributed by atoms with Gasteiger partial charge < -0.3 is 10.1 Å². The Labute approximate surface area is 74.2 Å². The van der Waals surface area contributed by atoms with E-state index in [0.29, 0.717) is 0 Å². The van der Waals surface area contributed by atoms with Gasteiger partial charge in [-0.05, 0) is 12.5 Å². The van der Waals surface area contributed by atoms with E-state index in [1.165, 1.54) is 0 Å². The summed E-state index contributed by atoms with van der Waals surface area (Å²) in [5.74, 6) is 1.64. The Balaban J connectivity index is 1.95. The average Bonchev–Trinajstić information content (AvgIpc) is 2.49. The van der Waals surface area contributed by atoms with Crippen molar-refractivity contribution in [2.75, 3.05) is 26.2 Å². The first kappa shape index (κ1) is 9.52. The highest BCUT2D eigenvalue weighted by molar-refractivity contribution is 5.77. The van der Waals surface area contributed by atoms with E-state index in [9.17, 15) is 0 Å². The van der Waals surface area contributed by atoms with Crippen molar-refractivity contribution in [3.8, 4) is 0 Å². The van der Waals surface area contributed by atoms with Crippen molar-refractivity contribution in [1.82, 2.24) is 5.32 Å². The van der Waals surface area contributed by atoms with E-state index >= 15 is 0 Å². The van der Waals surface area contributed by atoms with Crippen LogP contribution in [0.4, 0.5) is 0 Å². The third-order valence-electron chi connectivity index (χ3n) is 1.72. The van der Waals surface area contributed by atoms with Crippen molar-refractivity contribution in [3.05, 3.63) is 0 Å². The van der Waals surface area contributed by atoms with Crippen LogP contribution in [-0.4, -0.2) is 32.1 Å². The van der Waals surface area contributed by atoms with Crippen LogP contribution < -0.4 is 5.32 Å². The van der Waals surface area contributed by atoms with Gasteiger partial charge in [-0.2, -0.15) is 0 Å². The minimum atomic E-state index is 0.719. The van der Waals surface area contributed by atoms with Crippen LogP contribution in [0.25, 0.3) is 0 Å². The molecule has 0 saturated heterocycles. The van der Waals surface area contributed by atoms with Crippen LogP contribution in [0.15, 0.2) is 4.99 Å². The first-order valence-corrected chi connectivity index (χ1v) is 4.66. The molecule has 1 aliphatic heterocycles. The summed E-state index contributed by atoms with van der Waals surface area (Å²) in [5, 5.41) is 3.35. The molecule has 70 valence electrons. The second kappa shape index (κ2) is 5.14. The van der Waals surface area contributed by atoms with Crippen LogP contribution in [0, 0.1) is 5.92 Å². The number of rotatable bonds is 5. The van der Waals surface area contributed by atoms with Crippen molar-refractivity contribution < 1.29 is 4.74 Å². The van der Waals surface area contributed by atoms with Crippen molar-refractivity contribution >= 4 is 5.90 Å². The Bertz CT molecular complexity index is 155. The van der Waals surface area contributed by atoms with Gasteiger partial charge in [-0.25, -0.2) is 0 Å². The fraction of sp³-hybridized carbons (Fsp3) is 0.889. The smallest absolute Gasteiger partial charge is 0.184 e. The Morgan fingerprint density at radius 2 is 2.42 bits per heavy atom. The molecule has 0 saturated carbocycles. The Morgan fingerprint density at radius 1 is 1.58 bits per heavy atom. The number of aliphatic imine (C=N–C) groups is 1. The van der Waals surface area contributed by atoms with Gasteiger partial charge in [0.25, 0.3) is 0 Å². The average molecular weight is 170 g/mol. The van der Waals surface area contributed by atoms with Crippen molar-refractivity contribution in [2.24, 2.45) is 10.9 Å². The summed E-state index contributed by atoms with van der Waals surface area (Å²) in [7, 11) is 0. The molecule has 0 fully saturated rings. The van der Waals surface area contributed by atoms with Gasteiger partial charge in [0.05, 0.1) is 6.54 Å². The fourth-order valence-corrected chi connectivity index (χ4v) is 1.12. The van der Waals surface area contributed by atoms with Gasteiger partial charge in [-0.3, -0.25) is 4.99 Å². The third-order valence-corrected chi connectivity index (χ3v) is 1.72. The van der Waals surface area contributed by atoms with Gasteiger partial charge >= 0.3 is 0 Å². The van der Waals surface area contributed by atoms with E-state index < -0.39 is 0 Å². The molecule has 3 heteroatoms. The van der Waals surface area contributed by atoms with E-state index in [0.717, 1.165) is 44.5 Å². The predicted molar refractivity (Wildman–Crippen MR) is 50.6 cm³/mol. The maximum Gasteiger partial charge on any atom is 0.184 e. The number of hydrogen-bond acceptors (Lipinski definition) is 3. The van der Waals surface area contributed by atoms with Crippen LogP contribution in [0.5, 0.6) is 0 Å². The number of nitrogens with zero attached hydrogens (tertiary/aromatic N) is 1. The van der Waals surface area contributed by atoms with Crippen molar-refractivity contribution in [1.29, 1.82) is 0 Å².